The average Bonchev–Trinajstić information content (AvgIpc) is 2.21. The van der Waals surface area contributed by atoms with Gasteiger partial charge in [0.1, 0.15) is 5.82 Å². The Balaban J connectivity index is 2.72. The first-order valence-electron chi connectivity index (χ1n) is 4.70. The molecule has 4 N–H and O–H groups in total. The van der Waals surface area contributed by atoms with E-state index in [1.165, 1.54) is 0 Å². The first kappa shape index (κ1) is 10.8. The standard InChI is InChI=1S/C10H17N3O/c1-3-10(2,7-14)13-8-4-5-9(11)12-6-8/h4-6,13-14H,3,7H2,1-2H3,(H2,11,12). The van der Waals surface area contributed by atoms with Crippen molar-refractivity contribution in [3.63, 3.8) is 0 Å². The number of nitrogens with zero attached hydrogens (tertiary/aromatic N) is 1. The van der Waals surface area contributed by atoms with Gasteiger partial charge in [0.05, 0.1) is 24.0 Å². The largest absolute Gasteiger partial charge is 0.394 e. The van der Waals surface area contributed by atoms with Crippen molar-refractivity contribution in [1.82, 2.24) is 4.98 Å². The van der Waals surface area contributed by atoms with Crippen LogP contribution in [0, 0.1) is 0 Å². The van der Waals surface area contributed by atoms with E-state index in [-0.39, 0.29) is 12.1 Å². The Morgan fingerprint density at radius 2 is 2.29 bits per heavy atom. The molecule has 1 rings (SSSR count). The molecule has 0 aromatic carbocycles. The Kier molecular flexibility index (Phi) is 3.30. The van der Waals surface area contributed by atoms with Crippen LogP contribution in [0.1, 0.15) is 20.3 Å². The number of pyridine rings is 1. The van der Waals surface area contributed by atoms with Gasteiger partial charge in [-0.05, 0) is 25.5 Å². The summed E-state index contributed by atoms with van der Waals surface area (Å²) in [5.74, 6) is 0.498. The molecule has 14 heavy (non-hydrogen) atoms. The quantitative estimate of drug-likeness (QED) is 0.676. The fourth-order valence-corrected chi connectivity index (χ4v) is 1.07. The zero-order valence-electron chi connectivity index (χ0n) is 8.62. The molecule has 0 spiro atoms. The van der Waals surface area contributed by atoms with E-state index in [4.69, 9.17) is 5.73 Å². The molecule has 1 aromatic rings. The van der Waals surface area contributed by atoms with Gasteiger partial charge < -0.3 is 16.2 Å². The second-order valence-corrected chi connectivity index (χ2v) is 3.67. The summed E-state index contributed by atoms with van der Waals surface area (Å²) < 4.78 is 0. The summed E-state index contributed by atoms with van der Waals surface area (Å²) in [5, 5.41) is 12.4. The summed E-state index contributed by atoms with van der Waals surface area (Å²) in [6.07, 6.45) is 2.51. The molecule has 1 heterocycles. The lowest BCUT2D eigenvalue weighted by molar-refractivity contribution is 0.219. The lowest BCUT2D eigenvalue weighted by atomic mass is 10.00. The van der Waals surface area contributed by atoms with Crippen LogP contribution in [0.5, 0.6) is 0 Å². The highest BCUT2D eigenvalue weighted by Gasteiger charge is 2.20. The van der Waals surface area contributed by atoms with Gasteiger partial charge in [0.25, 0.3) is 0 Å². The van der Waals surface area contributed by atoms with Crippen molar-refractivity contribution in [2.45, 2.75) is 25.8 Å². The summed E-state index contributed by atoms with van der Waals surface area (Å²) in [4.78, 5) is 3.97. The van der Waals surface area contributed by atoms with Crippen LogP contribution in [-0.2, 0) is 0 Å². The Bertz CT molecular complexity index is 280. The fraction of sp³-hybridized carbons (Fsp3) is 0.500. The van der Waals surface area contributed by atoms with Crippen molar-refractivity contribution in [3.05, 3.63) is 18.3 Å². The highest BCUT2D eigenvalue weighted by Crippen LogP contribution is 2.17. The minimum absolute atomic E-state index is 0.0911. The predicted octanol–water partition coefficient (Wildman–Crippen LogP) is 1.24. The number of nitrogen functional groups attached to an aromatic ring is 1. The minimum atomic E-state index is -0.294. The van der Waals surface area contributed by atoms with Crippen LogP contribution in [-0.4, -0.2) is 22.2 Å². The molecule has 78 valence electrons. The third-order valence-electron chi connectivity index (χ3n) is 2.36. The number of aliphatic hydroxyl groups excluding tert-OH is 1. The highest BCUT2D eigenvalue weighted by atomic mass is 16.3. The Labute approximate surface area is 84.2 Å². The van der Waals surface area contributed by atoms with Gasteiger partial charge >= 0.3 is 0 Å². The smallest absolute Gasteiger partial charge is 0.123 e. The molecule has 0 aliphatic carbocycles. The van der Waals surface area contributed by atoms with E-state index in [2.05, 4.69) is 10.3 Å². The normalized spacial score (nSPS) is 14.8. The Morgan fingerprint density at radius 3 is 2.71 bits per heavy atom. The molecule has 4 heteroatoms. The second-order valence-electron chi connectivity index (χ2n) is 3.67. The van der Waals surface area contributed by atoms with E-state index in [1.807, 2.05) is 19.9 Å². The fourth-order valence-electron chi connectivity index (χ4n) is 1.07. The number of hydrogen-bond donors (Lipinski definition) is 3. The molecular weight excluding hydrogens is 178 g/mol. The van der Waals surface area contributed by atoms with Gasteiger partial charge in [-0.15, -0.1) is 0 Å². The molecule has 0 saturated heterocycles. The van der Waals surface area contributed by atoms with Crippen molar-refractivity contribution >= 4 is 11.5 Å². The maximum Gasteiger partial charge on any atom is 0.123 e. The van der Waals surface area contributed by atoms with Crippen LogP contribution < -0.4 is 11.1 Å². The van der Waals surface area contributed by atoms with Crippen molar-refractivity contribution in [2.24, 2.45) is 0 Å². The molecule has 4 nitrogen and oxygen atoms in total. The molecule has 0 fully saturated rings. The Morgan fingerprint density at radius 1 is 1.57 bits per heavy atom. The lowest BCUT2D eigenvalue weighted by Gasteiger charge is -2.28. The number of anilines is 2. The molecule has 1 aromatic heterocycles. The molecular formula is C10H17N3O. The average molecular weight is 195 g/mol. The molecule has 0 bridgehead atoms. The van der Waals surface area contributed by atoms with Crippen LogP contribution in [0.2, 0.25) is 0 Å². The lowest BCUT2D eigenvalue weighted by Crippen LogP contribution is -2.37. The van der Waals surface area contributed by atoms with Crippen LogP contribution in [0.4, 0.5) is 11.5 Å². The third kappa shape index (κ3) is 2.60. The van der Waals surface area contributed by atoms with Gasteiger partial charge in [-0.25, -0.2) is 4.98 Å². The van der Waals surface area contributed by atoms with Gasteiger partial charge in [-0.2, -0.15) is 0 Å². The number of nitrogens with one attached hydrogen (secondary N) is 1. The monoisotopic (exact) mass is 195 g/mol. The second kappa shape index (κ2) is 4.28. The minimum Gasteiger partial charge on any atom is -0.394 e. The molecule has 0 aliphatic rings. The van der Waals surface area contributed by atoms with Gasteiger partial charge in [0.15, 0.2) is 0 Å². The number of nitrogens with two attached hydrogens (primary N) is 1. The van der Waals surface area contributed by atoms with Gasteiger partial charge in [-0.3, -0.25) is 0 Å². The summed E-state index contributed by atoms with van der Waals surface area (Å²) in [5.41, 5.74) is 6.05. The van der Waals surface area contributed by atoms with E-state index in [9.17, 15) is 5.11 Å². The van der Waals surface area contributed by atoms with Crippen LogP contribution in [0.15, 0.2) is 18.3 Å². The molecule has 0 radical (unpaired) electrons. The van der Waals surface area contributed by atoms with Gasteiger partial charge in [-0.1, -0.05) is 6.92 Å². The SMILES string of the molecule is CCC(C)(CO)Nc1ccc(N)nc1. The first-order valence-corrected chi connectivity index (χ1v) is 4.70. The molecule has 1 unspecified atom stereocenters. The van der Waals surface area contributed by atoms with E-state index in [0.29, 0.717) is 5.82 Å². The summed E-state index contributed by atoms with van der Waals surface area (Å²) in [7, 11) is 0. The Hall–Kier alpha value is -1.29. The van der Waals surface area contributed by atoms with Gasteiger partial charge in [0, 0.05) is 0 Å². The molecule has 0 amide bonds. The predicted molar refractivity (Wildman–Crippen MR) is 58.1 cm³/mol. The van der Waals surface area contributed by atoms with Crippen molar-refractivity contribution in [1.29, 1.82) is 0 Å². The van der Waals surface area contributed by atoms with Gasteiger partial charge in [0.2, 0.25) is 0 Å². The zero-order valence-corrected chi connectivity index (χ0v) is 8.62. The van der Waals surface area contributed by atoms with Crippen LogP contribution in [0.25, 0.3) is 0 Å². The topological polar surface area (TPSA) is 71.2 Å². The maximum atomic E-state index is 9.19. The van der Waals surface area contributed by atoms with E-state index < -0.39 is 0 Å². The zero-order chi connectivity index (χ0) is 10.6. The summed E-state index contributed by atoms with van der Waals surface area (Å²) >= 11 is 0. The van der Waals surface area contributed by atoms with Crippen LogP contribution in [0.3, 0.4) is 0 Å². The number of aliphatic hydroxyl groups is 1. The van der Waals surface area contributed by atoms with Crippen molar-refractivity contribution in [3.8, 4) is 0 Å². The maximum absolute atomic E-state index is 9.19. The molecule has 0 aliphatic heterocycles. The number of aromatic nitrogens is 1. The van der Waals surface area contributed by atoms with Crippen molar-refractivity contribution < 1.29 is 5.11 Å². The van der Waals surface area contributed by atoms with E-state index in [1.54, 1.807) is 12.3 Å². The molecule has 1 atom stereocenters. The summed E-state index contributed by atoms with van der Waals surface area (Å²) in [6.45, 7) is 4.07. The first-order chi connectivity index (χ1) is 6.59. The number of rotatable bonds is 4. The molecule has 0 saturated carbocycles. The van der Waals surface area contributed by atoms with E-state index in [0.717, 1.165) is 12.1 Å². The van der Waals surface area contributed by atoms with E-state index >= 15 is 0 Å². The summed E-state index contributed by atoms with van der Waals surface area (Å²) in [6, 6.07) is 3.59. The third-order valence-corrected chi connectivity index (χ3v) is 2.36. The highest BCUT2D eigenvalue weighted by molar-refractivity contribution is 5.47. The van der Waals surface area contributed by atoms with Crippen LogP contribution >= 0.6 is 0 Å². The number of hydrogen-bond acceptors (Lipinski definition) is 4. The van der Waals surface area contributed by atoms with Crippen molar-refractivity contribution in [2.75, 3.05) is 17.7 Å².